The molecule has 18 heavy (non-hydrogen) atoms. The quantitative estimate of drug-likeness (QED) is 0.612. The second kappa shape index (κ2) is 5.99. The van der Waals surface area contributed by atoms with E-state index in [0.29, 0.717) is 0 Å². The van der Waals surface area contributed by atoms with Gasteiger partial charge in [-0.05, 0) is 34.1 Å². The molecule has 0 amide bonds. The topological polar surface area (TPSA) is 65.0 Å². The van der Waals surface area contributed by atoms with Crippen LogP contribution in [-0.2, 0) is 19.0 Å². The molecule has 0 saturated carbocycles. The number of carbonyl (C=O) groups is 1. The van der Waals surface area contributed by atoms with Crippen molar-refractivity contribution in [1.29, 1.82) is 0 Å². The van der Waals surface area contributed by atoms with Crippen LogP contribution in [0.2, 0.25) is 0 Å². The van der Waals surface area contributed by atoms with E-state index in [1.165, 1.54) is 0 Å². The molecule has 0 bridgehead atoms. The second-order valence-corrected chi connectivity index (χ2v) is 5.71. The largest absolute Gasteiger partial charge is 0.438 e. The fourth-order valence-electron chi connectivity index (χ4n) is 1.84. The van der Waals surface area contributed by atoms with E-state index in [4.69, 9.17) is 14.2 Å². The van der Waals surface area contributed by atoms with Gasteiger partial charge in [-0.15, -0.1) is 0 Å². The fourth-order valence-corrected chi connectivity index (χ4v) is 1.84. The first-order valence-corrected chi connectivity index (χ1v) is 6.39. The number of aliphatic hydroxyl groups excluding tert-OH is 1. The average molecular weight is 260 g/mol. The van der Waals surface area contributed by atoms with E-state index in [9.17, 15) is 9.90 Å². The Kier molecular flexibility index (Phi) is 5.13. The molecule has 1 fully saturated rings. The summed E-state index contributed by atoms with van der Waals surface area (Å²) in [6.45, 7) is 8.95. The lowest BCUT2D eigenvalue weighted by atomic mass is 9.98. The van der Waals surface area contributed by atoms with Crippen LogP contribution in [0.5, 0.6) is 0 Å². The molecule has 1 aliphatic heterocycles. The van der Waals surface area contributed by atoms with Crippen LogP contribution in [0.25, 0.3) is 0 Å². The van der Waals surface area contributed by atoms with Crippen LogP contribution >= 0.6 is 0 Å². The fraction of sp³-hybridized carbons (Fsp3) is 0.923. The van der Waals surface area contributed by atoms with E-state index in [1.807, 2.05) is 6.92 Å². The van der Waals surface area contributed by atoms with Crippen LogP contribution in [0.3, 0.4) is 0 Å². The summed E-state index contributed by atoms with van der Waals surface area (Å²) in [5, 5.41) is 9.89. The van der Waals surface area contributed by atoms with Gasteiger partial charge in [-0.3, -0.25) is 4.79 Å². The highest BCUT2D eigenvalue weighted by Crippen LogP contribution is 2.26. The normalized spacial score (nSPS) is 32.6. The van der Waals surface area contributed by atoms with E-state index < -0.39 is 17.6 Å². The van der Waals surface area contributed by atoms with Gasteiger partial charge in [-0.25, -0.2) is 0 Å². The second-order valence-electron chi connectivity index (χ2n) is 5.71. The van der Waals surface area contributed by atoms with E-state index in [1.54, 1.807) is 27.7 Å². The number of esters is 1. The minimum atomic E-state index is -0.678. The molecule has 5 heteroatoms. The predicted octanol–water partition coefficient (Wildman–Crippen LogP) is 1.48. The van der Waals surface area contributed by atoms with Crippen LogP contribution in [-0.4, -0.2) is 42.3 Å². The molecule has 1 heterocycles. The van der Waals surface area contributed by atoms with E-state index >= 15 is 0 Å². The molecule has 4 atom stereocenters. The molecule has 1 aliphatic rings. The van der Waals surface area contributed by atoms with Gasteiger partial charge in [0.05, 0.1) is 17.6 Å². The lowest BCUT2D eigenvalue weighted by Crippen LogP contribution is -2.36. The molecule has 1 N–H and O–H groups in total. The zero-order valence-corrected chi connectivity index (χ0v) is 11.8. The first kappa shape index (κ1) is 15.4. The van der Waals surface area contributed by atoms with Gasteiger partial charge in [0.1, 0.15) is 12.2 Å². The van der Waals surface area contributed by atoms with Crippen molar-refractivity contribution in [3.63, 3.8) is 0 Å². The summed E-state index contributed by atoms with van der Waals surface area (Å²) in [4.78, 5) is 11.5. The summed E-state index contributed by atoms with van der Waals surface area (Å²) >= 11 is 0. The van der Waals surface area contributed by atoms with Gasteiger partial charge in [0.15, 0.2) is 6.79 Å². The molecule has 1 saturated heterocycles. The Morgan fingerprint density at radius 2 is 2.00 bits per heavy atom. The van der Waals surface area contributed by atoms with E-state index in [-0.39, 0.29) is 25.0 Å². The molecule has 106 valence electrons. The molecule has 1 rings (SSSR count). The molecule has 0 spiro atoms. The molecular formula is C13H24O5. The Morgan fingerprint density at radius 1 is 1.39 bits per heavy atom. The van der Waals surface area contributed by atoms with E-state index in [2.05, 4.69) is 0 Å². The molecule has 0 aromatic carbocycles. The molecule has 5 nitrogen and oxygen atoms in total. The monoisotopic (exact) mass is 260 g/mol. The molecular weight excluding hydrogens is 236 g/mol. The third kappa shape index (κ3) is 3.67. The zero-order chi connectivity index (χ0) is 13.9. The van der Waals surface area contributed by atoms with Crippen LogP contribution in [0.15, 0.2) is 0 Å². The summed E-state index contributed by atoms with van der Waals surface area (Å²) in [5.74, 6) is -0.322. The standard InChI is InChI=1S/C13H24O5/c1-6-9-11(10(14)8(2)18-9)16-7-17-12(15)13(3,4)5/h8-11,14H,6-7H2,1-5H3/t8-,9+,10+,11?/m0/s1. The van der Waals surface area contributed by atoms with Crippen LogP contribution in [0, 0.1) is 5.41 Å². The van der Waals surface area contributed by atoms with E-state index in [0.717, 1.165) is 6.42 Å². The lowest BCUT2D eigenvalue weighted by molar-refractivity contribution is -0.176. The van der Waals surface area contributed by atoms with Crippen molar-refractivity contribution in [3.05, 3.63) is 0 Å². The molecule has 1 unspecified atom stereocenters. The van der Waals surface area contributed by atoms with Gasteiger partial charge in [-0.1, -0.05) is 6.92 Å². The van der Waals surface area contributed by atoms with Gasteiger partial charge in [0, 0.05) is 0 Å². The molecule has 0 aromatic rings. The van der Waals surface area contributed by atoms with Crippen molar-refractivity contribution in [1.82, 2.24) is 0 Å². The van der Waals surface area contributed by atoms with Crippen LogP contribution in [0.1, 0.15) is 41.0 Å². The van der Waals surface area contributed by atoms with Crippen LogP contribution < -0.4 is 0 Å². The van der Waals surface area contributed by atoms with Gasteiger partial charge < -0.3 is 19.3 Å². The first-order chi connectivity index (χ1) is 8.27. The maximum atomic E-state index is 11.5. The van der Waals surface area contributed by atoms with Gasteiger partial charge in [0.2, 0.25) is 0 Å². The van der Waals surface area contributed by atoms with Crippen molar-refractivity contribution in [2.24, 2.45) is 5.41 Å². The minimum absolute atomic E-state index is 0.148. The predicted molar refractivity (Wildman–Crippen MR) is 65.9 cm³/mol. The van der Waals surface area contributed by atoms with Crippen molar-refractivity contribution in [3.8, 4) is 0 Å². The third-order valence-electron chi connectivity index (χ3n) is 3.04. The Hall–Kier alpha value is -0.650. The smallest absolute Gasteiger partial charge is 0.313 e. The van der Waals surface area contributed by atoms with Crippen molar-refractivity contribution in [2.45, 2.75) is 65.5 Å². The summed E-state index contributed by atoms with van der Waals surface area (Å²) in [7, 11) is 0. The highest BCUT2D eigenvalue weighted by atomic mass is 16.7. The highest BCUT2D eigenvalue weighted by Gasteiger charge is 2.41. The van der Waals surface area contributed by atoms with Crippen LogP contribution in [0.4, 0.5) is 0 Å². The summed E-state index contributed by atoms with van der Waals surface area (Å²) in [5.41, 5.74) is -0.550. The van der Waals surface area contributed by atoms with Crippen molar-refractivity contribution in [2.75, 3.05) is 6.79 Å². The molecule has 0 aliphatic carbocycles. The van der Waals surface area contributed by atoms with Gasteiger partial charge >= 0.3 is 5.97 Å². The molecule has 0 radical (unpaired) electrons. The SMILES string of the molecule is CC[C@H]1O[C@@H](C)[C@@H](O)C1OCOC(=O)C(C)(C)C. The maximum absolute atomic E-state index is 11.5. The number of hydrogen-bond acceptors (Lipinski definition) is 5. The van der Waals surface area contributed by atoms with Gasteiger partial charge in [-0.2, -0.15) is 0 Å². The zero-order valence-electron chi connectivity index (χ0n) is 11.8. The summed E-state index contributed by atoms with van der Waals surface area (Å²) in [6, 6.07) is 0. The lowest BCUT2D eigenvalue weighted by Gasteiger charge is -2.21. The Morgan fingerprint density at radius 3 is 2.50 bits per heavy atom. The number of ether oxygens (including phenoxy) is 3. The number of rotatable bonds is 4. The average Bonchev–Trinajstić information content (AvgIpc) is 2.55. The summed E-state index contributed by atoms with van der Waals surface area (Å²) in [6.07, 6.45) is -0.762. The Labute approximate surface area is 108 Å². The third-order valence-corrected chi connectivity index (χ3v) is 3.04. The highest BCUT2D eigenvalue weighted by molar-refractivity contribution is 5.75. The number of hydrogen-bond donors (Lipinski definition) is 1. The number of carbonyl (C=O) groups excluding carboxylic acids is 1. The maximum Gasteiger partial charge on any atom is 0.313 e. The van der Waals surface area contributed by atoms with Crippen molar-refractivity contribution >= 4 is 5.97 Å². The molecule has 0 aromatic heterocycles. The Balaban J connectivity index is 2.41. The minimum Gasteiger partial charge on any atom is -0.438 e. The van der Waals surface area contributed by atoms with Crippen molar-refractivity contribution < 1.29 is 24.1 Å². The summed E-state index contributed by atoms with van der Waals surface area (Å²) < 4.78 is 16.0. The van der Waals surface area contributed by atoms with Gasteiger partial charge in [0.25, 0.3) is 0 Å². The first-order valence-electron chi connectivity index (χ1n) is 6.39. The number of aliphatic hydroxyl groups is 1. The Bertz CT molecular complexity index is 284.